The van der Waals surface area contributed by atoms with Crippen LogP contribution in [0.2, 0.25) is 0 Å². The number of benzene rings is 1. The van der Waals surface area contributed by atoms with Gasteiger partial charge in [-0.05, 0) is 20.0 Å². The molecule has 0 aliphatic heterocycles. The first-order valence-corrected chi connectivity index (χ1v) is 8.06. The molecule has 1 N–H and O–H groups in total. The first-order valence-electron chi connectivity index (χ1n) is 7.07. The van der Waals surface area contributed by atoms with Gasteiger partial charge in [0.25, 0.3) is 0 Å². The minimum atomic E-state index is 0.827. The van der Waals surface area contributed by atoms with Gasteiger partial charge in [-0.25, -0.2) is 4.98 Å². The van der Waals surface area contributed by atoms with Gasteiger partial charge in [0.15, 0.2) is 5.82 Å². The summed E-state index contributed by atoms with van der Waals surface area (Å²) in [5.41, 5.74) is 2.33. The molecule has 0 spiro atoms. The van der Waals surface area contributed by atoms with Crippen molar-refractivity contribution in [2.24, 2.45) is 0 Å². The zero-order valence-corrected chi connectivity index (χ0v) is 13.2. The third kappa shape index (κ3) is 4.08. The van der Waals surface area contributed by atoms with Crippen molar-refractivity contribution in [1.29, 1.82) is 0 Å². The second-order valence-electron chi connectivity index (χ2n) is 4.71. The summed E-state index contributed by atoms with van der Waals surface area (Å²) in [6.07, 6.45) is 0. The van der Waals surface area contributed by atoms with Crippen molar-refractivity contribution in [2.75, 3.05) is 25.4 Å². The van der Waals surface area contributed by atoms with Crippen molar-refractivity contribution >= 4 is 11.8 Å². The molecule has 20 heavy (non-hydrogen) atoms. The number of thioether (sulfide) groups is 1. The van der Waals surface area contributed by atoms with Gasteiger partial charge in [-0.15, -0.1) is 5.10 Å². The normalized spacial score (nSPS) is 11.2. The predicted molar refractivity (Wildman–Crippen MR) is 85.1 cm³/mol. The van der Waals surface area contributed by atoms with E-state index in [2.05, 4.69) is 65.1 Å². The van der Waals surface area contributed by atoms with Crippen LogP contribution in [0.3, 0.4) is 0 Å². The van der Waals surface area contributed by atoms with E-state index in [0.717, 1.165) is 41.9 Å². The quantitative estimate of drug-likeness (QED) is 0.795. The third-order valence-electron chi connectivity index (χ3n) is 3.32. The molecule has 1 heterocycles. The van der Waals surface area contributed by atoms with Gasteiger partial charge in [-0.1, -0.05) is 55.4 Å². The average Bonchev–Trinajstić information content (AvgIpc) is 2.93. The minimum absolute atomic E-state index is 0.827. The number of rotatable bonds is 7. The summed E-state index contributed by atoms with van der Waals surface area (Å²) in [6.45, 7) is 9.73. The topological polar surface area (TPSA) is 44.8 Å². The number of aromatic nitrogens is 3. The molecule has 108 valence electrons. The van der Waals surface area contributed by atoms with Crippen molar-refractivity contribution in [3.63, 3.8) is 0 Å². The number of aryl methyl sites for hydroxylation is 1. The molecule has 0 saturated heterocycles. The van der Waals surface area contributed by atoms with Crippen LogP contribution in [-0.2, 0) is 0 Å². The first-order chi connectivity index (χ1) is 9.72. The Hall–Kier alpha value is -1.33. The van der Waals surface area contributed by atoms with Crippen LogP contribution < -0.4 is 0 Å². The van der Waals surface area contributed by atoms with E-state index in [4.69, 9.17) is 0 Å². The molecule has 0 bridgehead atoms. The summed E-state index contributed by atoms with van der Waals surface area (Å²) in [6, 6.07) is 8.32. The SMILES string of the molecule is CCN(CC)CCSc1n[nH]c(-c2ccc(C)cc2)n1. The van der Waals surface area contributed by atoms with Gasteiger partial charge in [-0.3, -0.25) is 5.10 Å². The van der Waals surface area contributed by atoms with E-state index in [1.54, 1.807) is 11.8 Å². The van der Waals surface area contributed by atoms with Gasteiger partial charge in [0, 0.05) is 17.9 Å². The molecule has 5 heteroatoms. The lowest BCUT2D eigenvalue weighted by molar-refractivity contribution is 0.324. The highest BCUT2D eigenvalue weighted by Gasteiger charge is 2.06. The number of H-pyrrole nitrogens is 1. The summed E-state index contributed by atoms with van der Waals surface area (Å²) >= 11 is 1.70. The van der Waals surface area contributed by atoms with Crippen LogP contribution >= 0.6 is 11.8 Å². The maximum atomic E-state index is 4.54. The fraction of sp³-hybridized carbons (Fsp3) is 0.467. The monoisotopic (exact) mass is 290 g/mol. The van der Waals surface area contributed by atoms with Crippen LogP contribution in [0.1, 0.15) is 19.4 Å². The van der Waals surface area contributed by atoms with Crippen molar-refractivity contribution in [2.45, 2.75) is 25.9 Å². The second-order valence-corrected chi connectivity index (χ2v) is 5.77. The van der Waals surface area contributed by atoms with Crippen LogP contribution in [-0.4, -0.2) is 45.5 Å². The lowest BCUT2D eigenvalue weighted by Gasteiger charge is -2.16. The van der Waals surface area contributed by atoms with Crippen LogP contribution in [0.5, 0.6) is 0 Å². The molecular weight excluding hydrogens is 268 g/mol. The number of nitrogens with zero attached hydrogens (tertiary/aromatic N) is 3. The molecule has 0 fully saturated rings. The summed E-state index contributed by atoms with van der Waals surface area (Å²) in [5.74, 6) is 1.86. The minimum Gasteiger partial charge on any atom is -0.303 e. The molecule has 2 aromatic rings. The Morgan fingerprint density at radius 3 is 2.50 bits per heavy atom. The molecule has 0 aliphatic rings. The van der Waals surface area contributed by atoms with E-state index < -0.39 is 0 Å². The highest BCUT2D eigenvalue weighted by atomic mass is 32.2. The molecule has 0 unspecified atom stereocenters. The van der Waals surface area contributed by atoms with E-state index in [-0.39, 0.29) is 0 Å². The Kier molecular flexibility index (Phi) is 5.61. The lowest BCUT2D eigenvalue weighted by Crippen LogP contribution is -2.25. The van der Waals surface area contributed by atoms with Gasteiger partial charge in [-0.2, -0.15) is 0 Å². The fourth-order valence-electron chi connectivity index (χ4n) is 1.96. The van der Waals surface area contributed by atoms with Gasteiger partial charge in [0.2, 0.25) is 5.16 Å². The molecule has 1 aromatic heterocycles. The third-order valence-corrected chi connectivity index (χ3v) is 4.15. The molecular formula is C15H22N4S. The van der Waals surface area contributed by atoms with E-state index in [1.807, 2.05) is 0 Å². The summed E-state index contributed by atoms with van der Waals surface area (Å²) in [7, 11) is 0. The van der Waals surface area contributed by atoms with Crippen molar-refractivity contribution in [3.05, 3.63) is 29.8 Å². The number of hydrogen-bond donors (Lipinski definition) is 1. The maximum Gasteiger partial charge on any atom is 0.208 e. The molecule has 0 saturated carbocycles. The van der Waals surface area contributed by atoms with E-state index in [0.29, 0.717) is 0 Å². The lowest BCUT2D eigenvalue weighted by atomic mass is 10.1. The molecule has 0 aliphatic carbocycles. The van der Waals surface area contributed by atoms with Gasteiger partial charge < -0.3 is 4.90 Å². The summed E-state index contributed by atoms with van der Waals surface area (Å²) in [4.78, 5) is 6.94. The fourth-order valence-corrected chi connectivity index (χ4v) is 2.76. The highest BCUT2D eigenvalue weighted by Crippen LogP contribution is 2.19. The van der Waals surface area contributed by atoms with Gasteiger partial charge in [0.1, 0.15) is 0 Å². The predicted octanol–water partition coefficient (Wildman–Crippen LogP) is 3.21. The molecule has 0 amide bonds. The van der Waals surface area contributed by atoms with Gasteiger partial charge in [0.05, 0.1) is 0 Å². The Morgan fingerprint density at radius 2 is 1.85 bits per heavy atom. The highest BCUT2D eigenvalue weighted by molar-refractivity contribution is 7.99. The molecule has 0 atom stereocenters. The molecule has 4 nitrogen and oxygen atoms in total. The largest absolute Gasteiger partial charge is 0.303 e. The Bertz CT molecular complexity index is 517. The first kappa shape index (κ1) is 15.1. The molecule has 1 aromatic carbocycles. The van der Waals surface area contributed by atoms with E-state index in [1.165, 1.54) is 5.56 Å². The van der Waals surface area contributed by atoms with Crippen LogP contribution in [0.4, 0.5) is 0 Å². The number of nitrogens with one attached hydrogen (secondary N) is 1. The Balaban J connectivity index is 1.90. The average molecular weight is 290 g/mol. The van der Waals surface area contributed by atoms with E-state index in [9.17, 15) is 0 Å². The molecule has 0 radical (unpaired) electrons. The standard InChI is InChI=1S/C15H22N4S/c1-4-19(5-2)10-11-20-15-16-14(17-18-15)13-8-6-12(3)7-9-13/h6-9H,4-5,10-11H2,1-3H3,(H,16,17,18). The number of hydrogen-bond acceptors (Lipinski definition) is 4. The Labute approximate surface area is 125 Å². The second kappa shape index (κ2) is 7.45. The number of aromatic amines is 1. The van der Waals surface area contributed by atoms with E-state index >= 15 is 0 Å². The maximum absolute atomic E-state index is 4.54. The van der Waals surface area contributed by atoms with Crippen molar-refractivity contribution < 1.29 is 0 Å². The molecule has 2 rings (SSSR count). The summed E-state index contributed by atoms with van der Waals surface area (Å²) < 4.78 is 0. The zero-order chi connectivity index (χ0) is 14.4. The van der Waals surface area contributed by atoms with Crippen LogP contribution in [0.15, 0.2) is 29.4 Å². The van der Waals surface area contributed by atoms with Gasteiger partial charge >= 0.3 is 0 Å². The smallest absolute Gasteiger partial charge is 0.208 e. The summed E-state index contributed by atoms with van der Waals surface area (Å²) in [5, 5.41) is 8.11. The van der Waals surface area contributed by atoms with Crippen LogP contribution in [0.25, 0.3) is 11.4 Å². The van der Waals surface area contributed by atoms with Crippen LogP contribution in [0, 0.1) is 6.92 Å². The zero-order valence-electron chi connectivity index (χ0n) is 12.4. The Morgan fingerprint density at radius 1 is 1.15 bits per heavy atom. The van der Waals surface area contributed by atoms with Crippen molar-refractivity contribution in [1.82, 2.24) is 20.1 Å². The van der Waals surface area contributed by atoms with Crippen molar-refractivity contribution in [3.8, 4) is 11.4 Å².